The Morgan fingerprint density at radius 2 is 1.92 bits per heavy atom. The molecule has 0 bridgehead atoms. The maximum atomic E-state index is 12.4. The zero-order valence-corrected chi connectivity index (χ0v) is 14.6. The van der Waals surface area contributed by atoms with Crippen LogP contribution in [-0.2, 0) is 19.4 Å². The van der Waals surface area contributed by atoms with Crippen molar-refractivity contribution in [2.45, 2.75) is 19.8 Å². The summed E-state index contributed by atoms with van der Waals surface area (Å²) in [7, 11) is -2.98. The molecular weight excluding hydrogens is 328 g/mol. The van der Waals surface area contributed by atoms with Crippen molar-refractivity contribution < 1.29 is 18.0 Å². The maximum Gasteiger partial charge on any atom is 0.246 e. The van der Waals surface area contributed by atoms with Crippen molar-refractivity contribution in [1.29, 1.82) is 0 Å². The van der Waals surface area contributed by atoms with E-state index in [4.69, 9.17) is 0 Å². The molecular formula is C17H22N2O4S. The summed E-state index contributed by atoms with van der Waals surface area (Å²) in [6.45, 7) is 3.01. The fraction of sp³-hybridized carbons (Fsp3) is 0.529. The summed E-state index contributed by atoms with van der Waals surface area (Å²) in [5, 5.41) is 0. The van der Waals surface area contributed by atoms with Crippen molar-refractivity contribution in [3.63, 3.8) is 0 Å². The highest BCUT2D eigenvalue weighted by Gasteiger charge is 2.33. The lowest BCUT2D eigenvalue weighted by Gasteiger charge is -2.34. The van der Waals surface area contributed by atoms with Crippen LogP contribution >= 0.6 is 0 Å². The van der Waals surface area contributed by atoms with Crippen molar-refractivity contribution >= 4 is 27.3 Å². The van der Waals surface area contributed by atoms with Crippen LogP contribution in [0.15, 0.2) is 24.3 Å². The Bertz CT molecular complexity index is 742. The van der Waals surface area contributed by atoms with Crippen molar-refractivity contribution in [2.24, 2.45) is 5.92 Å². The van der Waals surface area contributed by atoms with Crippen LogP contribution in [0.25, 0.3) is 0 Å². The third-order valence-corrected chi connectivity index (χ3v) is 6.55. The molecule has 24 heavy (non-hydrogen) atoms. The monoisotopic (exact) mass is 350 g/mol. The predicted octanol–water partition coefficient (Wildman–Crippen LogP) is 0.995. The summed E-state index contributed by atoms with van der Waals surface area (Å²) in [6.07, 6.45) is 0.766. The van der Waals surface area contributed by atoms with E-state index < -0.39 is 9.84 Å². The first-order valence-corrected chi connectivity index (χ1v) is 10.0. The highest BCUT2D eigenvalue weighted by atomic mass is 32.2. The highest BCUT2D eigenvalue weighted by molar-refractivity contribution is 7.91. The van der Waals surface area contributed by atoms with Crippen molar-refractivity contribution in [3.05, 3.63) is 29.8 Å². The number of rotatable bonds is 3. The van der Waals surface area contributed by atoms with E-state index in [-0.39, 0.29) is 42.2 Å². The summed E-state index contributed by atoms with van der Waals surface area (Å²) in [5.74, 6) is -0.0552. The molecule has 0 spiro atoms. The Kier molecular flexibility index (Phi) is 4.62. The molecule has 7 heteroatoms. The third kappa shape index (κ3) is 3.77. The van der Waals surface area contributed by atoms with Gasteiger partial charge in [-0.2, -0.15) is 0 Å². The number of amides is 2. The van der Waals surface area contributed by atoms with Crippen LogP contribution in [0, 0.1) is 12.8 Å². The van der Waals surface area contributed by atoms with Crippen LogP contribution in [-0.4, -0.2) is 56.3 Å². The van der Waals surface area contributed by atoms with Gasteiger partial charge in [0.15, 0.2) is 9.84 Å². The number of anilines is 1. The first kappa shape index (κ1) is 17.0. The Morgan fingerprint density at radius 3 is 2.50 bits per heavy atom. The third-order valence-electron chi connectivity index (χ3n) is 4.71. The molecule has 1 unspecified atom stereocenters. The van der Waals surface area contributed by atoms with Gasteiger partial charge in [-0.05, 0) is 31.4 Å². The summed E-state index contributed by atoms with van der Waals surface area (Å²) < 4.78 is 23.0. The molecule has 0 radical (unpaired) electrons. The second-order valence-electron chi connectivity index (χ2n) is 6.67. The molecule has 2 amide bonds. The molecule has 1 aromatic rings. The molecule has 2 aliphatic rings. The van der Waals surface area contributed by atoms with E-state index >= 15 is 0 Å². The number of hydrogen-bond acceptors (Lipinski definition) is 4. The number of nitrogens with zero attached hydrogens (tertiary/aromatic N) is 2. The van der Waals surface area contributed by atoms with Crippen LogP contribution < -0.4 is 4.90 Å². The molecule has 0 aliphatic carbocycles. The van der Waals surface area contributed by atoms with Gasteiger partial charge in [0, 0.05) is 25.2 Å². The molecule has 0 saturated carbocycles. The van der Waals surface area contributed by atoms with Gasteiger partial charge in [0.1, 0.15) is 6.54 Å². The summed E-state index contributed by atoms with van der Waals surface area (Å²) in [5.41, 5.74) is 1.98. The van der Waals surface area contributed by atoms with E-state index in [0.29, 0.717) is 19.5 Å². The number of carbonyl (C=O) groups excluding carboxylic acids is 2. The minimum Gasteiger partial charge on any atom is -0.332 e. The Labute approximate surface area is 142 Å². The van der Waals surface area contributed by atoms with Gasteiger partial charge < -0.3 is 9.80 Å². The standard InChI is InChI=1S/C17H22N2O4S/c1-13-2-4-15(5-3-13)19-8-7-18(11-17(19)21)16(20)10-14-6-9-24(22,23)12-14/h2-5,14H,6-12H2,1H3. The Morgan fingerprint density at radius 1 is 1.21 bits per heavy atom. The van der Waals surface area contributed by atoms with E-state index in [2.05, 4.69) is 0 Å². The molecule has 0 N–H and O–H groups in total. The lowest BCUT2D eigenvalue weighted by Crippen LogP contribution is -2.52. The van der Waals surface area contributed by atoms with Gasteiger partial charge in [0.05, 0.1) is 11.5 Å². The molecule has 6 nitrogen and oxygen atoms in total. The molecule has 2 heterocycles. The quantitative estimate of drug-likeness (QED) is 0.815. The first-order chi connectivity index (χ1) is 11.3. The number of piperazine rings is 1. The largest absolute Gasteiger partial charge is 0.332 e. The topological polar surface area (TPSA) is 74.8 Å². The molecule has 2 fully saturated rings. The van der Waals surface area contributed by atoms with E-state index in [1.54, 1.807) is 9.80 Å². The van der Waals surface area contributed by atoms with Gasteiger partial charge >= 0.3 is 0 Å². The van der Waals surface area contributed by atoms with Crippen LogP contribution in [0.5, 0.6) is 0 Å². The fourth-order valence-corrected chi connectivity index (χ4v) is 5.15. The van der Waals surface area contributed by atoms with Gasteiger partial charge in [0.2, 0.25) is 11.8 Å². The van der Waals surface area contributed by atoms with Gasteiger partial charge in [-0.1, -0.05) is 17.7 Å². The molecule has 2 saturated heterocycles. The van der Waals surface area contributed by atoms with E-state index in [1.807, 2.05) is 31.2 Å². The van der Waals surface area contributed by atoms with Crippen LogP contribution in [0.3, 0.4) is 0 Å². The molecule has 1 atom stereocenters. The predicted molar refractivity (Wildman–Crippen MR) is 91.5 cm³/mol. The minimum absolute atomic E-state index is 0.0617. The fourth-order valence-electron chi connectivity index (χ4n) is 3.29. The number of sulfone groups is 1. The highest BCUT2D eigenvalue weighted by Crippen LogP contribution is 2.23. The van der Waals surface area contributed by atoms with E-state index in [0.717, 1.165) is 11.3 Å². The van der Waals surface area contributed by atoms with Crippen molar-refractivity contribution in [3.8, 4) is 0 Å². The summed E-state index contributed by atoms with van der Waals surface area (Å²) in [4.78, 5) is 28.0. The average Bonchev–Trinajstić information content (AvgIpc) is 2.87. The summed E-state index contributed by atoms with van der Waals surface area (Å²) >= 11 is 0. The number of aryl methyl sites for hydroxylation is 1. The smallest absolute Gasteiger partial charge is 0.246 e. The normalized spacial score (nSPS) is 23.5. The van der Waals surface area contributed by atoms with E-state index in [9.17, 15) is 18.0 Å². The minimum atomic E-state index is -2.98. The zero-order chi connectivity index (χ0) is 17.3. The number of carbonyl (C=O) groups is 2. The van der Waals surface area contributed by atoms with Gasteiger partial charge in [-0.25, -0.2) is 8.42 Å². The van der Waals surface area contributed by atoms with Gasteiger partial charge in [-0.3, -0.25) is 9.59 Å². The lowest BCUT2D eigenvalue weighted by molar-refractivity contribution is -0.137. The lowest BCUT2D eigenvalue weighted by atomic mass is 10.0. The molecule has 130 valence electrons. The Hall–Kier alpha value is -1.89. The van der Waals surface area contributed by atoms with E-state index in [1.165, 1.54) is 0 Å². The second kappa shape index (κ2) is 6.55. The van der Waals surface area contributed by atoms with Crippen LogP contribution in [0.4, 0.5) is 5.69 Å². The average molecular weight is 350 g/mol. The van der Waals surface area contributed by atoms with Gasteiger partial charge in [0.25, 0.3) is 0 Å². The number of benzene rings is 1. The molecule has 1 aromatic carbocycles. The van der Waals surface area contributed by atoms with Gasteiger partial charge in [-0.15, -0.1) is 0 Å². The SMILES string of the molecule is Cc1ccc(N2CCN(C(=O)CC3CCS(=O)(=O)C3)CC2=O)cc1. The maximum absolute atomic E-state index is 12.4. The van der Waals surface area contributed by atoms with Crippen LogP contribution in [0.2, 0.25) is 0 Å². The second-order valence-corrected chi connectivity index (χ2v) is 8.90. The molecule has 0 aromatic heterocycles. The molecule has 2 aliphatic heterocycles. The zero-order valence-electron chi connectivity index (χ0n) is 13.8. The number of hydrogen-bond donors (Lipinski definition) is 0. The Balaban J connectivity index is 1.58. The molecule has 3 rings (SSSR count). The first-order valence-electron chi connectivity index (χ1n) is 8.19. The van der Waals surface area contributed by atoms with Crippen LogP contribution in [0.1, 0.15) is 18.4 Å². The van der Waals surface area contributed by atoms with Crippen molar-refractivity contribution in [1.82, 2.24) is 4.90 Å². The van der Waals surface area contributed by atoms with Crippen molar-refractivity contribution in [2.75, 3.05) is 36.0 Å². The summed E-state index contributed by atoms with van der Waals surface area (Å²) in [6, 6.07) is 7.74.